The minimum Gasteiger partial charge on any atom is -0.326 e. The van der Waals surface area contributed by atoms with Crippen molar-refractivity contribution >= 4 is 17.8 Å². The third-order valence-corrected chi connectivity index (χ3v) is 2.09. The van der Waals surface area contributed by atoms with E-state index < -0.39 is 0 Å². The summed E-state index contributed by atoms with van der Waals surface area (Å²) in [6.07, 6.45) is 1.99. The lowest BCUT2D eigenvalue weighted by Gasteiger charge is -2.12. The maximum Gasteiger partial charge on any atom is 0.252 e. The number of hydrazone groups is 1. The van der Waals surface area contributed by atoms with Crippen molar-refractivity contribution in [2.75, 3.05) is 5.01 Å². The number of hydrogen-bond acceptors (Lipinski definition) is 3. The van der Waals surface area contributed by atoms with Crippen LogP contribution in [0.2, 0.25) is 0 Å². The van der Waals surface area contributed by atoms with Crippen LogP contribution in [0.1, 0.15) is 12.0 Å². The largest absolute Gasteiger partial charge is 0.326 e. The van der Waals surface area contributed by atoms with Gasteiger partial charge in [-0.3, -0.25) is 4.79 Å². The van der Waals surface area contributed by atoms with Crippen molar-refractivity contribution in [2.45, 2.75) is 13.0 Å². The second-order valence-electron chi connectivity index (χ2n) is 3.08. The van der Waals surface area contributed by atoms with Gasteiger partial charge >= 0.3 is 0 Å². The number of rotatable bonds is 2. The summed E-state index contributed by atoms with van der Waals surface area (Å²) >= 11 is 0. The van der Waals surface area contributed by atoms with E-state index in [1.807, 2.05) is 24.3 Å². The summed E-state index contributed by atoms with van der Waals surface area (Å²) in [6, 6.07) is 7.52. The topological polar surface area (TPSA) is 58.7 Å². The lowest BCUT2D eigenvalue weighted by atomic mass is 10.2. The maximum atomic E-state index is 11.3. The van der Waals surface area contributed by atoms with Gasteiger partial charge in [-0.1, -0.05) is 12.1 Å². The zero-order valence-corrected chi connectivity index (χ0v) is 7.68. The van der Waals surface area contributed by atoms with Gasteiger partial charge in [0.15, 0.2) is 0 Å². The van der Waals surface area contributed by atoms with E-state index >= 15 is 0 Å². The van der Waals surface area contributed by atoms with Gasteiger partial charge in [-0.25, -0.2) is 5.01 Å². The summed E-state index contributed by atoms with van der Waals surface area (Å²) in [7, 11) is 0. The van der Waals surface area contributed by atoms with Crippen LogP contribution in [0.5, 0.6) is 0 Å². The fourth-order valence-electron chi connectivity index (χ4n) is 1.38. The molecule has 1 aliphatic heterocycles. The Labute approximate surface area is 82.0 Å². The van der Waals surface area contributed by atoms with Gasteiger partial charge in [-0.2, -0.15) is 5.10 Å². The van der Waals surface area contributed by atoms with E-state index in [9.17, 15) is 4.79 Å². The highest BCUT2D eigenvalue weighted by Gasteiger charge is 2.18. The molecule has 1 aromatic rings. The molecule has 4 nitrogen and oxygen atoms in total. The molecule has 2 N–H and O–H groups in total. The SMILES string of the molecule is NCc1cccc(N2N=CCC2=O)c1. The van der Waals surface area contributed by atoms with E-state index in [1.165, 1.54) is 5.01 Å². The molecule has 14 heavy (non-hydrogen) atoms. The van der Waals surface area contributed by atoms with E-state index in [2.05, 4.69) is 5.10 Å². The van der Waals surface area contributed by atoms with Crippen LogP contribution in [-0.4, -0.2) is 12.1 Å². The summed E-state index contributed by atoms with van der Waals surface area (Å²) in [4.78, 5) is 11.3. The molecule has 0 aromatic heterocycles. The first-order valence-corrected chi connectivity index (χ1v) is 4.45. The first-order valence-electron chi connectivity index (χ1n) is 4.45. The van der Waals surface area contributed by atoms with Crippen LogP contribution in [0.3, 0.4) is 0 Å². The van der Waals surface area contributed by atoms with E-state index in [1.54, 1.807) is 6.21 Å². The van der Waals surface area contributed by atoms with Gasteiger partial charge < -0.3 is 5.73 Å². The molecule has 1 aromatic carbocycles. The first kappa shape index (κ1) is 8.90. The lowest BCUT2D eigenvalue weighted by molar-refractivity contribution is -0.116. The molecule has 4 heteroatoms. The number of benzene rings is 1. The summed E-state index contributed by atoms with van der Waals surface area (Å²) in [5.41, 5.74) is 7.29. The minimum atomic E-state index is -0.000767. The summed E-state index contributed by atoms with van der Waals surface area (Å²) in [5.74, 6) is -0.000767. The molecule has 1 amide bonds. The van der Waals surface area contributed by atoms with Crippen LogP contribution < -0.4 is 10.7 Å². The van der Waals surface area contributed by atoms with Gasteiger partial charge in [0, 0.05) is 12.8 Å². The zero-order valence-electron chi connectivity index (χ0n) is 7.68. The summed E-state index contributed by atoms with van der Waals surface area (Å²) in [6.45, 7) is 0.472. The normalized spacial score (nSPS) is 15.2. The van der Waals surface area contributed by atoms with Gasteiger partial charge in [0.1, 0.15) is 0 Å². The summed E-state index contributed by atoms with van der Waals surface area (Å²) < 4.78 is 0. The number of amides is 1. The molecule has 0 saturated heterocycles. The fraction of sp³-hybridized carbons (Fsp3) is 0.200. The third kappa shape index (κ3) is 1.52. The van der Waals surface area contributed by atoms with E-state index in [0.29, 0.717) is 13.0 Å². The van der Waals surface area contributed by atoms with Gasteiger partial charge in [-0.05, 0) is 17.7 Å². The van der Waals surface area contributed by atoms with Gasteiger partial charge in [0.2, 0.25) is 0 Å². The Bertz CT molecular complexity index is 387. The van der Waals surface area contributed by atoms with Gasteiger partial charge in [-0.15, -0.1) is 0 Å². The molecule has 72 valence electrons. The van der Waals surface area contributed by atoms with Crippen LogP contribution in [0.15, 0.2) is 29.4 Å². The molecule has 1 aliphatic rings. The molecule has 0 fully saturated rings. The van der Waals surface area contributed by atoms with Gasteiger partial charge in [0.25, 0.3) is 5.91 Å². The predicted octanol–water partition coefficient (Wildman–Crippen LogP) is 0.868. The number of hydrogen-bond donors (Lipinski definition) is 1. The fourth-order valence-corrected chi connectivity index (χ4v) is 1.38. The van der Waals surface area contributed by atoms with Gasteiger partial charge in [0.05, 0.1) is 12.1 Å². The van der Waals surface area contributed by atoms with Crippen molar-refractivity contribution < 1.29 is 4.79 Å². The van der Waals surface area contributed by atoms with Crippen LogP contribution in [0.4, 0.5) is 5.69 Å². The standard InChI is InChI=1S/C10H11N3O/c11-7-8-2-1-3-9(6-8)13-10(14)4-5-12-13/h1-3,5-6H,4,7,11H2. The van der Waals surface area contributed by atoms with Crippen molar-refractivity contribution in [3.63, 3.8) is 0 Å². The molecule has 0 radical (unpaired) electrons. The van der Waals surface area contributed by atoms with Crippen LogP contribution in [0, 0.1) is 0 Å². The molecule has 0 bridgehead atoms. The Hall–Kier alpha value is -1.68. The third-order valence-electron chi connectivity index (χ3n) is 2.09. The number of carbonyl (C=O) groups excluding carboxylic acids is 1. The Morgan fingerprint density at radius 2 is 2.36 bits per heavy atom. The second kappa shape index (κ2) is 3.59. The van der Waals surface area contributed by atoms with Crippen LogP contribution >= 0.6 is 0 Å². The highest BCUT2D eigenvalue weighted by molar-refractivity contribution is 6.05. The van der Waals surface area contributed by atoms with Crippen molar-refractivity contribution in [2.24, 2.45) is 10.8 Å². The monoisotopic (exact) mass is 189 g/mol. The molecule has 1 heterocycles. The number of nitrogens with zero attached hydrogens (tertiary/aromatic N) is 2. The smallest absolute Gasteiger partial charge is 0.252 e. The quantitative estimate of drug-likeness (QED) is 0.750. The molecule has 0 spiro atoms. The molecular formula is C10H11N3O. The average Bonchev–Trinajstić information content (AvgIpc) is 2.65. The highest BCUT2D eigenvalue weighted by Crippen LogP contribution is 2.19. The van der Waals surface area contributed by atoms with Crippen molar-refractivity contribution in [3.8, 4) is 0 Å². The Morgan fingerprint density at radius 1 is 1.50 bits per heavy atom. The minimum absolute atomic E-state index is 0.000767. The van der Waals surface area contributed by atoms with Crippen molar-refractivity contribution in [3.05, 3.63) is 29.8 Å². The van der Waals surface area contributed by atoms with Crippen LogP contribution in [0.25, 0.3) is 0 Å². The molecule has 0 atom stereocenters. The number of nitrogens with two attached hydrogens (primary N) is 1. The average molecular weight is 189 g/mol. The second-order valence-corrected chi connectivity index (χ2v) is 3.08. The summed E-state index contributed by atoms with van der Waals surface area (Å²) in [5, 5.41) is 5.38. The molecule has 0 aliphatic carbocycles. The van der Waals surface area contributed by atoms with Crippen molar-refractivity contribution in [1.82, 2.24) is 0 Å². The molecule has 2 rings (SSSR count). The molecule has 0 unspecified atom stereocenters. The molecular weight excluding hydrogens is 178 g/mol. The highest BCUT2D eigenvalue weighted by atomic mass is 16.2. The number of carbonyl (C=O) groups is 1. The predicted molar refractivity (Wildman–Crippen MR) is 54.9 cm³/mol. The van der Waals surface area contributed by atoms with E-state index in [-0.39, 0.29) is 5.91 Å². The molecule has 0 saturated carbocycles. The first-order chi connectivity index (χ1) is 6.81. The zero-order chi connectivity index (χ0) is 9.97. The Morgan fingerprint density at radius 3 is 3.00 bits per heavy atom. The van der Waals surface area contributed by atoms with E-state index in [0.717, 1.165) is 11.3 Å². The van der Waals surface area contributed by atoms with E-state index in [4.69, 9.17) is 5.73 Å². The van der Waals surface area contributed by atoms with Crippen LogP contribution in [-0.2, 0) is 11.3 Å². The number of anilines is 1. The maximum absolute atomic E-state index is 11.3. The lowest BCUT2D eigenvalue weighted by Crippen LogP contribution is -2.19. The van der Waals surface area contributed by atoms with Crippen molar-refractivity contribution in [1.29, 1.82) is 0 Å². The Kier molecular flexibility index (Phi) is 2.28. The Balaban J connectivity index is 2.31.